The Morgan fingerprint density at radius 2 is 1.85 bits per heavy atom. The van der Waals surface area contributed by atoms with Crippen LogP contribution in [0.3, 0.4) is 0 Å². The van der Waals surface area contributed by atoms with Crippen LogP contribution in [0.4, 0.5) is 0 Å². The Labute approximate surface area is 119 Å². The molecule has 0 saturated heterocycles. The number of benzene rings is 1. The molecule has 0 unspecified atom stereocenters. The van der Waals surface area contributed by atoms with E-state index in [9.17, 15) is 13.2 Å². The summed E-state index contributed by atoms with van der Waals surface area (Å²) >= 11 is 0. The lowest BCUT2D eigenvalue weighted by Crippen LogP contribution is -2.30. The molecule has 0 aliphatic heterocycles. The number of hydrogen-bond acceptors (Lipinski definition) is 5. The SMILES string of the molecule is COc1ccc(CC(=O)NCCS(C)(=O)=O)cc1OC. The Balaban J connectivity index is 2.58. The molecule has 1 aromatic carbocycles. The third kappa shape index (κ3) is 5.48. The molecular weight excluding hydrogens is 282 g/mol. The molecule has 1 aromatic rings. The first-order chi connectivity index (χ1) is 9.35. The second-order valence-corrected chi connectivity index (χ2v) is 6.61. The van der Waals surface area contributed by atoms with Crippen LogP contribution in [0.5, 0.6) is 11.5 Å². The molecular formula is C13H19NO5S. The average Bonchev–Trinajstić information content (AvgIpc) is 2.37. The van der Waals surface area contributed by atoms with Crippen LogP contribution >= 0.6 is 0 Å². The van der Waals surface area contributed by atoms with Crippen molar-refractivity contribution in [3.63, 3.8) is 0 Å². The molecule has 1 rings (SSSR count). The van der Waals surface area contributed by atoms with Gasteiger partial charge in [-0.05, 0) is 17.7 Å². The molecule has 0 radical (unpaired) electrons. The fourth-order valence-corrected chi connectivity index (χ4v) is 2.09. The lowest BCUT2D eigenvalue weighted by Gasteiger charge is -2.09. The molecule has 0 aliphatic rings. The second-order valence-electron chi connectivity index (χ2n) is 4.35. The van der Waals surface area contributed by atoms with Gasteiger partial charge >= 0.3 is 0 Å². The maximum Gasteiger partial charge on any atom is 0.224 e. The first-order valence-corrected chi connectivity index (χ1v) is 8.07. The number of sulfone groups is 1. The summed E-state index contributed by atoms with van der Waals surface area (Å²) in [5, 5.41) is 2.56. The molecule has 0 aliphatic carbocycles. The van der Waals surface area contributed by atoms with Crippen molar-refractivity contribution in [3.8, 4) is 11.5 Å². The van der Waals surface area contributed by atoms with Crippen LogP contribution in [-0.2, 0) is 21.1 Å². The number of hydrogen-bond donors (Lipinski definition) is 1. The molecule has 0 aromatic heterocycles. The van der Waals surface area contributed by atoms with E-state index in [0.717, 1.165) is 11.8 Å². The van der Waals surface area contributed by atoms with E-state index >= 15 is 0 Å². The standard InChI is InChI=1S/C13H19NO5S/c1-18-11-5-4-10(8-12(11)19-2)9-13(15)14-6-7-20(3,16)17/h4-5,8H,6-7,9H2,1-3H3,(H,14,15). The maximum atomic E-state index is 11.7. The number of carbonyl (C=O) groups excluding carboxylic acids is 1. The average molecular weight is 301 g/mol. The Morgan fingerprint density at radius 1 is 1.20 bits per heavy atom. The Bertz CT molecular complexity index is 568. The van der Waals surface area contributed by atoms with E-state index in [1.807, 2.05) is 0 Å². The van der Waals surface area contributed by atoms with Gasteiger partial charge in [0, 0.05) is 12.8 Å². The van der Waals surface area contributed by atoms with Crippen molar-refractivity contribution in [2.45, 2.75) is 6.42 Å². The molecule has 1 amide bonds. The molecule has 1 N–H and O–H groups in total. The third-order valence-electron chi connectivity index (χ3n) is 2.61. The minimum Gasteiger partial charge on any atom is -0.493 e. The molecule has 0 spiro atoms. The van der Waals surface area contributed by atoms with Crippen LogP contribution < -0.4 is 14.8 Å². The van der Waals surface area contributed by atoms with Gasteiger partial charge in [-0.25, -0.2) is 8.42 Å². The van der Waals surface area contributed by atoms with Gasteiger partial charge in [-0.1, -0.05) is 6.07 Å². The summed E-state index contributed by atoms with van der Waals surface area (Å²) in [5.41, 5.74) is 0.763. The minimum absolute atomic E-state index is 0.0648. The van der Waals surface area contributed by atoms with Gasteiger partial charge < -0.3 is 14.8 Å². The van der Waals surface area contributed by atoms with Crippen LogP contribution in [-0.4, -0.2) is 47.1 Å². The zero-order chi connectivity index (χ0) is 15.2. The molecule has 0 atom stereocenters. The number of rotatable bonds is 7. The lowest BCUT2D eigenvalue weighted by molar-refractivity contribution is -0.120. The van der Waals surface area contributed by atoms with Gasteiger partial charge in [0.2, 0.25) is 5.91 Å². The van der Waals surface area contributed by atoms with Crippen LogP contribution in [0.15, 0.2) is 18.2 Å². The fraction of sp³-hybridized carbons (Fsp3) is 0.462. The first kappa shape index (κ1) is 16.3. The highest BCUT2D eigenvalue weighted by Crippen LogP contribution is 2.27. The molecule has 0 bridgehead atoms. The number of amides is 1. The summed E-state index contributed by atoms with van der Waals surface area (Å²) in [6.45, 7) is 0.116. The highest BCUT2D eigenvalue weighted by Gasteiger charge is 2.09. The van der Waals surface area contributed by atoms with E-state index in [1.54, 1.807) is 18.2 Å². The summed E-state index contributed by atoms with van der Waals surface area (Å²) in [7, 11) is -0.00481. The molecule has 112 valence electrons. The van der Waals surface area contributed by atoms with E-state index in [-0.39, 0.29) is 24.6 Å². The molecule has 6 nitrogen and oxygen atoms in total. The number of nitrogens with one attached hydrogen (secondary N) is 1. The van der Waals surface area contributed by atoms with Gasteiger partial charge in [-0.3, -0.25) is 4.79 Å². The zero-order valence-corrected chi connectivity index (χ0v) is 12.6. The fourth-order valence-electron chi connectivity index (χ4n) is 1.61. The minimum atomic E-state index is -3.06. The van der Waals surface area contributed by atoms with Crippen molar-refractivity contribution in [2.75, 3.05) is 32.8 Å². The van der Waals surface area contributed by atoms with Gasteiger partial charge in [-0.15, -0.1) is 0 Å². The predicted molar refractivity (Wildman–Crippen MR) is 76.0 cm³/mol. The maximum absolute atomic E-state index is 11.7. The first-order valence-electron chi connectivity index (χ1n) is 6.01. The van der Waals surface area contributed by atoms with Crippen molar-refractivity contribution < 1.29 is 22.7 Å². The summed E-state index contributed by atoms with van der Waals surface area (Å²) < 4.78 is 32.1. The lowest BCUT2D eigenvalue weighted by atomic mass is 10.1. The number of carbonyl (C=O) groups is 1. The summed E-state index contributed by atoms with van der Waals surface area (Å²) in [4.78, 5) is 11.7. The van der Waals surface area contributed by atoms with Crippen LogP contribution in [0.1, 0.15) is 5.56 Å². The Morgan fingerprint density at radius 3 is 2.40 bits per heavy atom. The van der Waals surface area contributed by atoms with E-state index < -0.39 is 9.84 Å². The van der Waals surface area contributed by atoms with Crippen LogP contribution in [0.25, 0.3) is 0 Å². The van der Waals surface area contributed by atoms with E-state index in [4.69, 9.17) is 9.47 Å². The molecule has 7 heteroatoms. The molecule has 0 fully saturated rings. The predicted octanol–water partition coefficient (Wildman–Crippen LogP) is 0.407. The van der Waals surface area contributed by atoms with Gasteiger partial charge in [0.05, 0.1) is 26.4 Å². The number of methoxy groups -OCH3 is 2. The van der Waals surface area contributed by atoms with Crippen molar-refractivity contribution >= 4 is 15.7 Å². The molecule has 0 heterocycles. The normalized spacial score (nSPS) is 10.9. The van der Waals surface area contributed by atoms with Gasteiger partial charge in [-0.2, -0.15) is 0 Å². The highest BCUT2D eigenvalue weighted by atomic mass is 32.2. The van der Waals surface area contributed by atoms with Gasteiger partial charge in [0.1, 0.15) is 9.84 Å². The quantitative estimate of drug-likeness (QED) is 0.788. The second kappa shape index (κ2) is 7.14. The summed E-state index contributed by atoms with van der Waals surface area (Å²) in [6.07, 6.45) is 1.29. The van der Waals surface area contributed by atoms with Gasteiger partial charge in [0.25, 0.3) is 0 Å². The van der Waals surface area contributed by atoms with E-state index in [1.165, 1.54) is 14.2 Å². The summed E-state index contributed by atoms with van der Waals surface area (Å²) in [5.74, 6) is 0.841. The molecule has 0 saturated carbocycles. The van der Waals surface area contributed by atoms with Crippen molar-refractivity contribution in [2.24, 2.45) is 0 Å². The van der Waals surface area contributed by atoms with Crippen molar-refractivity contribution in [3.05, 3.63) is 23.8 Å². The van der Waals surface area contributed by atoms with Crippen molar-refractivity contribution in [1.29, 1.82) is 0 Å². The number of ether oxygens (including phenoxy) is 2. The Hall–Kier alpha value is -1.76. The Kier molecular flexibility index (Phi) is 5.82. The van der Waals surface area contributed by atoms with Gasteiger partial charge in [0.15, 0.2) is 11.5 Å². The third-order valence-corrected chi connectivity index (χ3v) is 3.55. The largest absolute Gasteiger partial charge is 0.493 e. The van der Waals surface area contributed by atoms with Crippen LogP contribution in [0.2, 0.25) is 0 Å². The smallest absolute Gasteiger partial charge is 0.224 e. The zero-order valence-electron chi connectivity index (χ0n) is 11.8. The topological polar surface area (TPSA) is 81.7 Å². The molecule has 20 heavy (non-hydrogen) atoms. The van der Waals surface area contributed by atoms with Crippen LogP contribution in [0, 0.1) is 0 Å². The highest BCUT2D eigenvalue weighted by molar-refractivity contribution is 7.90. The summed E-state index contributed by atoms with van der Waals surface area (Å²) in [6, 6.07) is 5.20. The van der Waals surface area contributed by atoms with E-state index in [0.29, 0.717) is 11.5 Å². The van der Waals surface area contributed by atoms with E-state index in [2.05, 4.69) is 5.32 Å². The van der Waals surface area contributed by atoms with Crippen molar-refractivity contribution in [1.82, 2.24) is 5.32 Å². The monoisotopic (exact) mass is 301 g/mol.